The molecule has 1 aromatic carbocycles. The van der Waals surface area contributed by atoms with Crippen LogP contribution in [0.3, 0.4) is 0 Å². The van der Waals surface area contributed by atoms with Crippen LogP contribution in [0.5, 0.6) is 0 Å². The molecular weight excluding hydrogens is 360 g/mol. The standard InChI is InChI=1S/C20H32N6.ClH/c1-5-10-18(19-21-22-23-26(19)20(3,4)6-2)25-15-13-24(14-16-25)17-11-8-7-9-12-17;/h7-9,11-12,18H,5-6,10,13-16H2,1-4H3;1H. The summed E-state index contributed by atoms with van der Waals surface area (Å²) < 4.78 is 2.05. The number of nitrogens with zero attached hydrogens (tertiary/aromatic N) is 6. The molecule has 6 nitrogen and oxygen atoms in total. The maximum absolute atomic E-state index is 4.45. The van der Waals surface area contributed by atoms with Gasteiger partial charge in [0.25, 0.3) is 0 Å². The molecule has 1 atom stereocenters. The molecule has 1 fully saturated rings. The highest BCUT2D eigenvalue weighted by Gasteiger charge is 2.32. The van der Waals surface area contributed by atoms with Gasteiger partial charge in [0.15, 0.2) is 5.82 Å². The van der Waals surface area contributed by atoms with Crippen molar-refractivity contribution in [3.8, 4) is 0 Å². The SMILES string of the molecule is CCCC(c1nnnn1C(C)(C)CC)N1CCN(c2ccccc2)CC1.Cl. The van der Waals surface area contributed by atoms with Crippen LogP contribution in [0.2, 0.25) is 0 Å². The van der Waals surface area contributed by atoms with Gasteiger partial charge in [0.05, 0.1) is 11.6 Å². The molecular formula is C20H33ClN6. The van der Waals surface area contributed by atoms with Crippen LogP contribution in [0.25, 0.3) is 0 Å². The summed E-state index contributed by atoms with van der Waals surface area (Å²) in [6.45, 7) is 13.0. The van der Waals surface area contributed by atoms with Crippen molar-refractivity contribution in [2.75, 3.05) is 31.1 Å². The second-order valence-electron chi connectivity index (χ2n) is 7.78. The Bertz CT molecular complexity index is 679. The molecule has 150 valence electrons. The lowest BCUT2D eigenvalue weighted by molar-refractivity contribution is 0.154. The summed E-state index contributed by atoms with van der Waals surface area (Å²) in [5.74, 6) is 1.02. The summed E-state index contributed by atoms with van der Waals surface area (Å²) >= 11 is 0. The highest BCUT2D eigenvalue weighted by atomic mass is 35.5. The lowest BCUT2D eigenvalue weighted by Crippen LogP contribution is -2.48. The minimum absolute atomic E-state index is 0. The lowest BCUT2D eigenvalue weighted by atomic mass is 10.0. The third kappa shape index (κ3) is 4.79. The second-order valence-corrected chi connectivity index (χ2v) is 7.78. The smallest absolute Gasteiger partial charge is 0.168 e. The average molecular weight is 393 g/mol. The van der Waals surface area contributed by atoms with Crippen LogP contribution in [0.4, 0.5) is 5.69 Å². The Balaban J connectivity index is 0.00000261. The molecule has 0 saturated carbocycles. The second kappa shape index (κ2) is 9.51. The largest absolute Gasteiger partial charge is 0.369 e. The third-order valence-corrected chi connectivity index (χ3v) is 5.67. The highest BCUT2D eigenvalue weighted by molar-refractivity contribution is 5.85. The van der Waals surface area contributed by atoms with Crippen molar-refractivity contribution >= 4 is 18.1 Å². The molecule has 1 aromatic heterocycles. The minimum Gasteiger partial charge on any atom is -0.369 e. The molecule has 0 N–H and O–H groups in total. The van der Waals surface area contributed by atoms with E-state index < -0.39 is 0 Å². The van der Waals surface area contributed by atoms with Gasteiger partial charge in [-0.3, -0.25) is 4.90 Å². The van der Waals surface area contributed by atoms with Gasteiger partial charge in [-0.15, -0.1) is 17.5 Å². The number of tetrazole rings is 1. The van der Waals surface area contributed by atoms with E-state index >= 15 is 0 Å². The zero-order valence-electron chi connectivity index (χ0n) is 17.0. The number of rotatable bonds is 7. The van der Waals surface area contributed by atoms with Gasteiger partial charge in [0, 0.05) is 31.9 Å². The first kappa shape index (κ1) is 21.6. The Morgan fingerprint density at radius 2 is 1.70 bits per heavy atom. The molecule has 1 aliphatic rings. The summed E-state index contributed by atoms with van der Waals surface area (Å²) in [6, 6.07) is 11.0. The molecule has 2 aromatic rings. The monoisotopic (exact) mass is 392 g/mol. The number of anilines is 1. The first-order valence-corrected chi connectivity index (χ1v) is 9.89. The molecule has 0 amide bonds. The fourth-order valence-electron chi connectivity index (χ4n) is 3.66. The molecule has 1 unspecified atom stereocenters. The van der Waals surface area contributed by atoms with Crippen molar-refractivity contribution in [1.82, 2.24) is 25.1 Å². The van der Waals surface area contributed by atoms with E-state index in [1.165, 1.54) is 5.69 Å². The maximum atomic E-state index is 4.45. The van der Waals surface area contributed by atoms with Gasteiger partial charge in [-0.05, 0) is 49.2 Å². The van der Waals surface area contributed by atoms with Crippen LogP contribution in [-0.4, -0.2) is 51.3 Å². The van der Waals surface area contributed by atoms with E-state index in [9.17, 15) is 0 Å². The lowest BCUT2D eigenvalue weighted by Gasteiger charge is -2.40. The quantitative estimate of drug-likeness (QED) is 0.715. The molecule has 1 aliphatic heterocycles. The fourth-order valence-corrected chi connectivity index (χ4v) is 3.66. The van der Waals surface area contributed by atoms with Crippen LogP contribution >= 0.6 is 12.4 Å². The molecule has 7 heteroatoms. The van der Waals surface area contributed by atoms with Crippen molar-refractivity contribution in [3.63, 3.8) is 0 Å². The van der Waals surface area contributed by atoms with Crippen molar-refractivity contribution in [3.05, 3.63) is 36.2 Å². The van der Waals surface area contributed by atoms with E-state index in [1.54, 1.807) is 0 Å². The minimum atomic E-state index is -0.0588. The van der Waals surface area contributed by atoms with Crippen molar-refractivity contribution in [2.24, 2.45) is 0 Å². The molecule has 0 aliphatic carbocycles. The Hall–Kier alpha value is -1.66. The highest BCUT2D eigenvalue weighted by Crippen LogP contribution is 2.30. The molecule has 0 spiro atoms. The van der Waals surface area contributed by atoms with Crippen LogP contribution in [0.1, 0.15) is 58.8 Å². The zero-order valence-corrected chi connectivity index (χ0v) is 17.8. The number of aromatic nitrogens is 4. The van der Waals surface area contributed by atoms with E-state index in [0.717, 1.165) is 51.3 Å². The molecule has 3 rings (SSSR count). The van der Waals surface area contributed by atoms with Crippen molar-refractivity contribution < 1.29 is 0 Å². The van der Waals surface area contributed by atoms with Gasteiger partial charge >= 0.3 is 0 Å². The number of halogens is 1. The summed E-state index contributed by atoms with van der Waals surface area (Å²) in [4.78, 5) is 5.04. The van der Waals surface area contributed by atoms with Crippen molar-refractivity contribution in [2.45, 2.75) is 58.5 Å². The summed E-state index contributed by atoms with van der Waals surface area (Å²) in [5.41, 5.74) is 1.26. The fraction of sp³-hybridized carbons (Fsp3) is 0.650. The molecule has 0 bridgehead atoms. The van der Waals surface area contributed by atoms with Crippen LogP contribution in [0, 0.1) is 0 Å². The first-order valence-electron chi connectivity index (χ1n) is 9.89. The van der Waals surface area contributed by atoms with E-state index in [1.807, 2.05) is 0 Å². The zero-order chi connectivity index (χ0) is 18.6. The Morgan fingerprint density at radius 1 is 1.04 bits per heavy atom. The number of para-hydroxylation sites is 1. The van der Waals surface area contributed by atoms with E-state index in [-0.39, 0.29) is 17.9 Å². The van der Waals surface area contributed by atoms with E-state index in [0.29, 0.717) is 6.04 Å². The number of hydrogen-bond acceptors (Lipinski definition) is 5. The summed E-state index contributed by atoms with van der Waals surface area (Å²) in [6.07, 6.45) is 3.22. The van der Waals surface area contributed by atoms with Gasteiger partial charge in [-0.2, -0.15) is 0 Å². The van der Waals surface area contributed by atoms with Gasteiger partial charge in [0.2, 0.25) is 0 Å². The Kier molecular flexibility index (Phi) is 7.62. The Morgan fingerprint density at radius 3 is 2.30 bits per heavy atom. The van der Waals surface area contributed by atoms with Gasteiger partial charge < -0.3 is 4.90 Å². The van der Waals surface area contributed by atoms with Crippen LogP contribution in [0.15, 0.2) is 30.3 Å². The summed E-state index contributed by atoms with van der Waals surface area (Å²) in [5, 5.41) is 12.8. The third-order valence-electron chi connectivity index (χ3n) is 5.67. The first-order chi connectivity index (χ1) is 12.6. The Labute approximate surface area is 169 Å². The summed E-state index contributed by atoms with van der Waals surface area (Å²) in [7, 11) is 0. The van der Waals surface area contributed by atoms with E-state index in [2.05, 4.69) is 88.0 Å². The van der Waals surface area contributed by atoms with Gasteiger partial charge in [0.1, 0.15) is 0 Å². The van der Waals surface area contributed by atoms with Gasteiger partial charge in [-0.25, -0.2) is 4.68 Å². The average Bonchev–Trinajstić information content (AvgIpc) is 3.17. The topological polar surface area (TPSA) is 50.1 Å². The molecule has 2 heterocycles. The maximum Gasteiger partial charge on any atom is 0.168 e. The van der Waals surface area contributed by atoms with Gasteiger partial charge in [-0.1, -0.05) is 38.5 Å². The van der Waals surface area contributed by atoms with Crippen LogP contribution in [-0.2, 0) is 5.54 Å². The van der Waals surface area contributed by atoms with Crippen LogP contribution < -0.4 is 4.90 Å². The molecule has 27 heavy (non-hydrogen) atoms. The molecule has 1 saturated heterocycles. The molecule has 0 radical (unpaired) electrons. The van der Waals surface area contributed by atoms with Crippen molar-refractivity contribution in [1.29, 1.82) is 0 Å². The number of hydrogen-bond donors (Lipinski definition) is 0. The predicted octanol–water partition coefficient (Wildman–Crippen LogP) is 3.90. The number of benzene rings is 1. The normalized spacial score (nSPS) is 16.8. The van der Waals surface area contributed by atoms with E-state index in [4.69, 9.17) is 0 Å². The predicted molar refractivity (Wildman–Crippen MR) is 113 cm³/mol. The number of piperazine rings is 1.